The Bertz CT molecular complexity index is 1170. The van der Waals surface area contributed by atoms with Gasteiger partial charge in [0.1, 0.15) is 6.07 Å². The molecule has 7 atom stereocenters. The van der Waals surface area contributed by atoms with E-state index in [9.17, 15) is 19.6 Å². The van der Waals surface area contributed by atoms with E-state index in [1.165, 1.54) is 0 Å². The van der Waals surface area contributed by atoms with Crippen molar-refractivity contribution in [3.05, 3.63) is 23.3 Å². The number of nitriles is 1. The molecule has 5 aliphatic carbocycles. The summed E-state index contributed by atoms with van der Waals surface area (Å²) in [6, 6.07) is 2.17. The van der Waals surface area contributed by atoms with Crippen LogP contribution >= 0.6 is 0 Å². The minimum Gasteiger partial charge on any atom is -0.356 e. The highest BCUT2D eigenvalue weighted by atomic mass is 16.2. The Hall–Kier alpha value is -2.22. The second-order valence-electron chi connectivity index (χ2n) is 14.6. The Morgan fingerprint density at radius 3 is 2.38 bits per heavy atom. The molecule has 1 amide bonds. The lowest BCUT2D eigenvalue weighted by Gasteiger charge is -2.64. The van der Waals surface area contributed by atoms with Gasteiger partial charge in [0.25, 0.3) is 0 Å². The zero-order valence-corrected chi connectivity index (χ0v) is 23.8. The van der Waals surface area contributed by atoms with E-state index >= 15 is 0 Å². The summed E-state index contributed by atoms with van der Waals surface area (Å²) in [4.78, 5) is 41.0. The van der Waals surface area contributed by atoms with Gasteiger partial charge in [0, 0.05) is 23.3 Å². The number of ketones is 2. The average molecular weight is 505 g/mol. The molecule has 3 fully saturated rings. The maximum absolute atomic E-state index is 14.2. The molecule has 0 aromatic heterocycles. The Kier molecular flexibility index (Phi) is 5.81. The van der Waals surface area contributed by atoms with Crippen molar-refractivity contribution in [3.63, 3.8) is 0 Å². The fourth-order valence-corrected chi connectivity index (χ4v) is 10.0. The lowest BCUT2D eigenvalue weighted by molar-refractivity contribution is -0.161. The van der Waals surface area contributed by atoms with E-state index in [0.717, 1.165) is 50.5 Å². The molecule has 0 aliphatic heterocycles. The third-order valence-electron chi connectivity index (χ3n) is 11.9. The highest BCUT2D eigenvalue weighted by Gasteiger charge is 2.66. The highest BCUT2D eigenvalue weighted by Crippen LogP contribution is 2.70. The number of nitrogens with one attached hydrogen (secondary N) is 1. The first-order valence-corrected chi connectivity index (χ1v) is 14.4. The van der Waals surface area contributed by atoms with Crippen LogP contribution in [0.1, 0.15) is 93.4 Å². The summed E-state index contributed by atoms with van der Waals surface area (Å²) >= 11 is 0. The third-order valence-corrected chi connectivity index (χ3v) is 11.9. The SMILES string of the molecule is CCNC(=O)C12CCC3C(C(=O)C=C4C5(C)C=C(C#N)C(=O)C(C)(C)C5CCC43C)C1CC(C)(C)CC2. The van der Waals surface area contributed by atoms with Crippen molar-refractivity contribution in [2.75, 3.05) is 6.54 Å². The van der Waals surface area contributed by atoms with E-state index in [2.05, 4.69) is 39.1 Å². The van der Waals surface area contributed by atoms with E-state index in [1.807, 2.05) is 32.9 Å². The molecule has 37 heavy (non-hydrogen) atoms. The number of fused-ring (bicyclic) bond motifs is 7. The fraction of sp³-hybridized carbons (Fsp3) is 0.750. The molecule has 0 aromatic carbocycles. The summed E-state index contributed by atoms with van der Waals surface area (Å²) in [5.74, 6) is 0.365. The Morgan fingerprint density at radius 2 is 1.73 bits per heavy atom. The van der Waals surface area contributed by atoms with Crippen LogP contribution in [0.15, 0.2) is 23.3 Å². The molecule has 5 aliphatic rings. The summed E-state index contributed by atoms with van der Waals surface area (Å²) in [6.45, 7) is 15.6. The first kappa shape index (κ1) is 26.4. The van der Waals surface area contributed by atoms with E-state index < -0.39 is 16.2 Å². The maximum atomic E-state index is 14.2. The van der Waals surface area contributed by atoms with Gasteiger partial charge >= 0.3 is 0 Å². The number of carbonyl (C=O) groups excluding carboxylic acids is 3. The number of hydrogen-bond acceptors (Lipinski definition) is 4. The van der Waals surface area contributed by atoms with E-state index in [-0.39, 0.29) is 57.5 Å². The summed E-state index contributed by atoms with van der Waals surface area (Å²) in [6.07, 6.45) is 10.1. The minimum absolute atomic E-state index is 0.0452. The standard InChI is InChI=1S/C32H44N2O3/c1-8-34-27(37)32-12-9-20-25(21(32)17-28(2,3)13-14-32)22(35)15-24-30(20,6)11-10-23-29(4,5)26(36)19(18-33)16-31(23,24)7/h15-16,20-21,23,25H,8-14,17H2,1-7H3,(H,34,37). The molecule has 200 valence electrons. The molecule has 0 radical (unpaired) electrons. The largest absolute Gasteiger partial charge is 0.356 e. The highest BCUT2D eigenvalue weighted by molar-refractivity contribution is 6.04. The van der Waals surface area contributed by atoms with Crippen LogP contribution in [-0.4, -0.2) is 24.0 Å². The summed E-state index contributed by atoms with van der Waals surface area (Å²) in [5, 5.41) is 13.0. The monoisotopic (exact) mass is 504 g/mol. The van der Waals surface area contributed by atoms with Crippen molar-refractivity contribution in [2.24, 2.45) is 50.7 Å². The zero-order chi connectivity index (χ0) is 27.2. The van der Waals surface area contributed by atoms with Crippen LogP contribution < -0.4 is 5.32 Å². The van der Waals surface area contributed by atoms with Gasteiger partial charge in [-0.25, -0.2) is 0 Å². The Labute approximate surface area is 222 Å². The van der Waals surface area contributed by atoms with Gasteiger partial charge in [0.05, 0.1) is 11.0 Å². The number of Topliss-reactive ketones (excluding diaryl/α,β-unsaturated/α-hetero) is 1. The molecule has 3 saturated carbocycles. The summed E-state index contributed by atoms with van der Waals surface area (Å²) in [7, 11) is 0. The van der Waals surface area contributed by atoms with Crippen molar-refractivity contribution in [1.29, 1.82) is 5.26 Å². The number of amides is 1. The van der Waals surface area contributed by atoms with Crippen molar-refractivity contribution >= 4 is 17.5 Å². The molecule has 0 heterocycles. The first-order valence-electron chi connectivity index (χ1n) is 14.4. The van der Waals surface area contributed by atoms with Gasteiger partial charge in [-0.15, -0.1) is 0 Å². The van der Waals surface area contributed by atoms with Crippen LogP contribution in [0.2, 0.25) is 0 Å². The molecular formula is C32H44N2O3. The lowest BCUT2D eigenvalue weighted by atomic mass is 9.38. The van der Waals surface area contributed by atoms with Crippen molar-refractivity contribution < 1.29 is 14.4 Å². The molecule has 7 unspecified atom stereocenters. The van der Waals surface area contributed by atoms with E-state index in [4.69, 9.17) is 0 Å². The van der Waals surface area contributed by atoms with Gasteiger partial charge in [-0.3, -0.25) is 14.4 Å². The third kappa shape index (κ3) is 3.43. The van der Waals surface area contributed by atoms with Gasteiger partial charge < -0.3 is 5.32 Å². The van der Waals surface area contributed by atoms with Gasteiger partial charge in [0.2, 0.25) is 5.91 Å². The number of allylic oxidation sites excluding steroid dienone is 4. The zero-order valence-electron chi connectivity index (χ0n) is 23.8. The number of hydrogen-bond donors (Lipinski definition) is 1. The minimum atomic E-state index is -0.649. The Balaban J connectivity index is 1.65. The molecule has 0 bridgehead atoms. The quantitative estimate of drug-likeness (QED) is 0.503. The van der Waals surface area contributed by atoms with Crippen LogP contribution in [0, 0.1) is 62.1 Å². The second kappa shape index (κ2) is 8.14. The number of rotatable bonds is 2. The van der Waals surface area contributed by atoms with Gasteiger partial charge in [0.15, 0.2) is 11.6 Å². The normalized spacial score (nSPS) is 43.6. The van der Waals surface area contributed by atoms with Crippen molar-refractivity contribution in [3.8, 4) is 6.07 Å². The molecule has 0 spiro atoms. The van der Waals surface area contributed by atoms with Crippen LogP contribution in [0.3, 0.4) is 0 Å². The van der Waals surface area contributed by atoms with Gasteiger partial charge in [-0.05, 0) is 86.5 Å². The molecule has 0 saturated heterocycles. The smallest absolute Gasteiger partial charge is 0.226 e. The number of nitrogens with zero attached hydrogens (tertiary/aromatic N) is 1. The summed E-state index contributed by atoms with van der Waals surface area (Å²) < 4.78 is 0. The molecule has 0 aromatic rings. The van der Waals surface area contributed by atoms with E-state index in [0.29, 0.717) is 6.54 Å². The van der Waals surface area contributed by atoms with Gasteiger partial charge in [-0.2, -0.15) is 5.26 Å². The average Bonchev–Trinajstić information content (AvgIpc) is 2.82. The van der Waals surface area contributed by atoms with Crippen molar-refractivity contribution in [2.45, 2.75) is 93.4 Å². The maximum Gasteiger partial charge on any atom is 0.226 e. The predicted octanol–water partition coefficient (Wildman–Crippen LogP) is 5.95. The lowest BCUT2D eigenvalue weighted by Crippen LogP contribution is -2.62. The molecule has 5 rings (SSSR count). The van der Waals surface area contributed by atoms with Crippen LogP contribution in [0.4, 0.5) is 0 Å². The molecule has 5 heteroatoms. The summed E-state index contributed by atoms with van der Waals surface area (Å²) in [5.41, 5.74) is -0.340. The van der Waals surface area contributed by atoms with Crippen LogP contribution in [0.25, 0.3) is 0 Å². The first-order chi connectivity index (χ1) is 17.2. The van der Waals surface area contributed by atoms with Gasteiger partial charge in [-0.1, -0.05) is 53.2 Å². The predicted molar refractivity (Wildman–Crippen MR) is 143 cm³/mol. The molecular weight excluding hydrogens is 460 g/mol. The molecule has 1 N–H and O–H groups in total. The molecule has 5 nitrogen and oxygen atoms in total. The van der Waals surface area contributed by atoms with Crippen LogP contribution in [-0.2, 0) is 14.4 Å². The number of carbonyl (C=O) groups is 3. The topological polar surface area (TPSA) is 87.0 Å². The second-order valence-corrected chi connectivity index (χ2v) is 14.6. The van der Waals surface area contributed by atoms with Crippen LogP contribution in [0.5, 0.6) is 0 Å². The van der Waals surface area contributed by atoms with Crippen molar-refractivity contribution in [1.82, 2.24) is 5.32 Å². The fourth-order valence-electron chi connectivity index (χ4n) is 10.0. The van der Waals surface area contributed by atoms with E-state index in [1.54, 1.807) is 0 Å². The Morgan fingerprint density at radius 1 is 1.03 bits per heavy atom.